The fourth-order valence-corrected chi connectivity index (χ4v) is 1.28. The van der Waals surface area contributed by atoms with Gasteiger partial charge in [0.25, 0.3) is 0 Å². The first kappa shape index (κ1) is 14.1. The molecule has 18 heavy (non-hydrogen) atoms. The largest absolute Gasteiger partial charge is 0.392 e. The molecule has 0 bridgehead atoms. The third kappa shape index (κ3) is 5.39. The third-order valence-corrected chi connectivity index (χ3v) is 2.21. The van der Waals surface area contributed by atoms with E-state index in [1.165, 1.54) is 0 Å². The molecule has 0 atom stereocenters. The monoisotopic (exact) mass is 269 g/mol. The minimum Gasteiger partial charge on any atom is -0.392 e. The minimum atomic E-state index is -0.731. The highest BCUT2D eigenvalue weighted by molar-refractivity contribution is 7.80. The fourth-order valence-electron chi connectivity index (χ4n) is 1.21. The average Bonchev–Trinajstić information content (AvgIpc) is 2.84. The van der Waals surface area contributed by atoms with Gasteiger partial charge in [-0.15, -0.1) is 0 Å². The maximum absolute atomic E-state index is 11.3. The van der Waals surface area contributed by atoms with E-state index in [9.17, 15) is 9.59 Å². The predicted molar refractivity (Wildman–Crippen MR) is 69.6 cm³/mol. The molecule has 0 saturated heterocycles. The Morgan fingerprint density at radius 1 is 1.33 bits per heavy atom. The van der Waals surface area contributed by atoms with E-state index >= 15 is 0 Å². The lowest BCUT2D eigenvalue weighted by atomic mass is 10.4. The highest BCUT2D eigenvalue weighted by Gasteiger charge is 2.11. The molecule has 1 heterocycles. The second-order valence-electron chi connectivity index (χ2n) is 3.56. The van der Waals surface area contributed by atoms with Crippen molar-refractivity contribution in [2.45, 2.75) is 13.0 Å². The number of nitrogens with zero attached hydrogens (tertiary/aromatic N) is 2. The summed E-state index contributed by atoms with van der Waals surface area (Å²) in [5.41, 5.74) is 5.19. The second kappa shape index (κ2) is 7.38. The molecular formula is C10H15N5O2S. The molecule has 4 N–H and O–H groups in total. The van der Waals surface area contributed by atoms with E-state index in [2.05, 4.69) is 27.8 Å². The number of imidazole rings is 1. The molecule has 0 aromatic carbocycles. The van der Waals surface area contributed by atoms with Gasteiger partial charge >= 0.3 is 11.8 Å². The molecule has 0 saturated carbocycles. The maximum Gasteiger partial charge on any atom is 0.309 e. The average molecular weight is 269 g/mol. The second-order valence-corrected chi connectivity index (χ2v) is 4.08. The Kier molecular flexibility index (Phi) is 5.78. The van der Waals surface area contributed by atoms with E-state index in [-0.39, 0.29) is 11.5 Å². The molecule has 98 valence electrons. The van der Waals surface area contributed by atoms with Crippen LogP contribution < -0.4 is 16.4 Å². The Balaban J connectivity index is 2.12. The number of nitrogens with two attached hydrogens (primary N) is 1. The lowest BCUT2D eigenvalue weighted by molar-refractivity contribution is -0.139. The van der Waals surface area contributed by atoms with Gasteiger partial charge in [-0.25, -0.2) is 4.98 Å². The molecule has 0 spiro atoms. The van der Waals surface area contributed by atoms with Crippen LogP contribution in [0.2, 0.25) is 0 Å². The summed E-state index contributed by atoms with van der Waals surface area (Å²) in [4.78, 5) is 26.5. The van der Waals surface area contributed by atoms with Crippen molar-refractivity contribution in [3.05, 3.63) is 18.7 Å². The molecule has 0 aliphatic heterocycles. The van der Waals surface area contributed by atoms with Gasteiger partial charge in [-0.3, -0.25) is 9.59 Å². The molecule has 0 unspecified atom stereocenters. The van der Waals surface area contributed by atoms with E-state index in [1.54, 1.807) is 12.5 Å². The maximum atomic E-state index is 11.3. The summed E-state index contributed by atoms with van der Waals surface area (Å²) in [6.45, 7) is 1.17. The van der Waals surface area contributed by atoms with Gasteiger partial charge in [-0.05, 0) is 6.42 Å². The molecule has 0 aliphatic rings. The molecule has 0 radical (unpaired) electrons. The number of hydrogen-bond acceptors (Lipinski definition) is 4. The zero-order valence-corrected chi connectivity index (χ0v) is 10.6. The highest BCUT2D eigenvalue weighted by atomic mass is 32.1. The van der Waals surface area contributed by atoms with Crippen molar-refractivity contribution in [3.8, 4) is 0 Å². The summed E-state index contributed by atoms with van der Waals surface area (Å²) >= 11 is 4.58. The van der Waals surface area contributed by atoms with Crippen molar-refractivity contribution < 1.29 is 9.59 Å². The molecule has 1 rings (SSSR count). The van der Waals surface area contributed by atoms with Gasteiger partial charge in [0, 0.05) is 25.5 Å². The quantitative estimate of drug-likeness (QED) is 0.342. The van der Waals surface area contributed by atoms with Crippen LogP contribution in [0.5, 0.6) is 0 Å². The Bertz CT molecular complexity index is 418. The Labute approximate surface area is 110 Å². The van der Waals surface area contributed by atoms with Crippen molar-refractivity contribution in [2.24, 2.45) is 5.73 Å². The van der Waals surface area contributed by atoms with Gasteiger partial charge in [0.2, 0.25) is 0 Å². The van der Waals surface area contributed by atoms with Crippen LogP contribution in [0.15, 0.2) is 18.7 Å². The Morgan fingerprint density at radius 3 is 2.67 bits per heavy atom. The summed E-state index contributed by atoms with van der Waals surface area (Å²) < 4.78 is 1.89. The van der Waals surface area contributed by atoms with Crippen LogP contribution in [0.25, 0.3) is 0 Å². The molecule has 0 aliphatic carbocycles. The summed E-state index contributed by atoms with van der Waals surface area (Å²) in [5, 5.41) is 4.80. The number of hydrogen-bond donors (Lipinski definition) is 3. The number of nitrogens with one attached hydrogen (secondary N) is 2. The van der Waals surface area contributed by atoms with E-state index < -0.39 is 11.8 Å². The summed E-state index contributed by atoms with van der Waals surface area (Å²) in [5.74, 6) is -1.41. The van der Waals surface area contributed by atoms with Crippen molar-refractivity contribution in [2.75, 3.05) is 13.1 Å². The van der Waals surface area contributed by atoms with Gasteiger partial charge in [-0.1, -0.05) is 12.2 Å². The van der Waals surface area contributed by atoms with Gasteiger partial charge in [-0.2, -0.15) is 0 Å². The van der Waals surface area contributed by atoms with E-state index in [1.807, 2.05) is 10.8 Å². The molecular weight excluding hydrogens is 254 g/mol. The Hall–Kier alpha value is -1.96. The van der Waals surface area contributed by atoms with E-state index in [0.717, 1.165) is 6.54 Å². The molecule has 0 fully saturated rings. The Morgan fingerprint density at radius 2 is 2.06 bits per heavy atom. The molecule has 8 heteroatoms. The summed E-state index contributed by atoms with van der Waals surface area (Å²) in [7, 11) is 0. The first-order valence-electron chi connectivity index (χ1n) is 5.39. The fraction of sp³-hybridized carbons (Fsp3) is 0.400. The van der Waals surface area contributed by atoms with Crippen LogP contribution in [-0.4, -0.2) is 39.4 Å². The minimum absolute atomic E-state index is 0.0244. The van der Waals surface area contributed by atoms with Gasteiger partial charge in [0.15, 0.2) is 0 Å². The zero-order chi connectivity index (χ0) is 13.4. The summed E-state index contributed by atoms with van der Waals surface area (Å²) in [6, 6.07) is 0. The number of amides is 2. The van der Waals surface area contributed by atoms with Crippen LogP contribution in [-0.2, 0) is 16.1 Å². The van der Waals surface area contributed by atoms with Crippen molar-refractivity contribution >= 4 is 29.0 Å². The first-order valence-corrected chi connectivity index (χ1v) is 5.80. The zero-order valence-electron chi connectivity index (χ0n) is 9.76. The standard InChI is InChI=1S/C10H15N5O2S/c11-8(18)6-14-10(17)9(16)13-2-1-4-15-5-3-12-7-15/h3,5,7H,1-2,4,6H2,(H2,11,18)(H,13,16)(H,14,17). The van der Waals surface area contributed by atoms with Crippen LogP contribution >= 0.6 is 12.2 Å². The number of aryl methyl sites for hydroxylation is 1. The SMILES string of the molecule is NC(=S)CNC(=O)C(=O)NCCCn1ccnc1. The first-order chi connectivity index (χ1) is 8.59. The topological polar surface area (TPSA) is 102 Å². The number of rotatable bonds is 6. The van der Waals surface area contributed by atoms with Crippen molar-refractivity contribution in [1.29, 1.82) is 0 Å². The van der Waals surface area contributed by atoms with Crippen molar-refractivity contribution in [1.82, 2.24) is 20.2 Å². The van der Waals surface area contributed by atoms with Gasteiger partial charge in [0.05, 0.1) is 17.9 Å². The lowest BCUT2D eigenvalue weighted by Crippen LogP contribution is -2.43. The number of aromatic nitrogens is 2. The highest BCUT2D eigenvalue weighted by Crippen LogP contribution is 1.88. The third-order valence-electron chi connectivity index (χ3n) is 2.07. The smallest absolute Gasteiger partial charge is 0.309 e. The molecule has 2 amide bonds. The number of thiocarbonyl (C=S) groups is 1. The van der Waals surface area contributed by atoms with Gasteiger partial charge < -0.3 is 20.9 Å². The normalized spacial score (nSPS) is 9.78. The number of carbonyl (C=O) groups is 2. The van der Waals surface area contributed by atoms with Crippen LogP contribution in [0.4, 0.5) is 0 Å². The number of carbonyl (C=O) groups excluding carboxylic acids is 2. The van der Waals surface area contributed by atoms with Crippen LogP contribution in [0, 0.1) is 0 Å². The van der Waals surface area contributed by atoms with Crippen molar-refractivity contribution in [3.63, 3.8) is 0 Å². The van der Waals surface area contributed by atoms with Crippen LogP contribution in [0.3, 0.4) is 0 Å². The van der Waals surface area contributed by atoms with E-state index in [0.29, 0.717) is 13.0 Å². The lowest BCUT2D eigenvalue weighted by Gasteiger charge is -2.06. The molecule has 1 aromatic rings. The molecule has 1 aromatic heterocycles. The van der Waals surface area contributed by atoms with Crippen LogP contribution in [0.1, 0.15) is 6.42 Å². The summed E-state index contributed by atoms with van der Waals surface area (Å²) in [6.07, 6.45) is 5.92. The van der Waals surface area contributed by atoms with Gasteiger partial charge in [0.1, 0.15) is 0 Å². The molecule has 7 nitrogen and oxygen atoms in total. The predicted octanol–water partition coefficient (Wildman–Crippen LogP) is -1.21. The van der Waals surface area contributed by atoms with E-state index in [4.69, 9.17) is 5.73 Å².